The molecule has 2 unspecified atom stereocenters. The number of hydrogen-bond donors (Lipinski definition) is 0. The molecule has 1 fully saturated rings. The summed E-state index contributed by atoms with van der Waals surface area (Å²) in [4.78, 5) is 32.8. The molecule has 30 heavy (non-hydrogen) atoms. The molecule has 0 radical (unpaired) electrons. The first kappa shape index (κ1) is 21.6. The Balaban J connectivity index is 1.95. The van der Waals surface area contributed by atoms with Crippen LogP contribution in [-0.2, 0) is 4.79 Å². The number of aromatic nitrogens is 1. The molecule has 0 N–H and O–H groups in total. The van der Waals surface area contributed by atoms with Crippen LogP contribution in [0.1, 0.15) is 39.3 Å². The molecule has 160 valence electrons. The van der Waals surface area contributed by atoms with Gasteiger partial charge in [0, 0.05) is 12.4 Å². The summed E-state index contributed by atoms with van der Waals surface area (Å²) >= 11 is 0. The molecule has 1 saturated heterocycles. The molecule has 0 bridgehead atoms. The Morgan fingerprint density at radius 2 is 1.57 bits per heavy atom. The van der Waals surface area contributed by atoms with Gasteiger partial charge in [0.2, 0.25) is 0 Å². The Morgan fingerprint density at radius 1 is 1.00 bits per heavy atom. The molecule has 0 aliphatic carbocycles. The van der Waals surface area contributed by atoms with Crippen molar-refractivity contribution in [2.45, 2.75) is 46.1 Å². The Morgan fingerprint density at radius 3 is 2.07 bits per heavy atom. The topological polar surface area (TPSA) is 62.7 Å². The number of benzene rings is 1. The maximum Gasteiger partial charge on any atom is 0.573 e. The molecule has 3 amide bonds. The third-order valence-electron chi connectivity index (χ3n) is 4.86. The summed E-state index contributed by atoms with van der Waals surface area (Å²) < 4.78 is 41.0. The number of imide groups is 1. The molecule has 2 heterocycles. The number of halogens is 3. The largest absolute Gasteiger partial charge is 0.573 e. The molecular weight excluding hydrogens is 399 g/mol. The summed E-state index contributed by atoms with van der Waals surface area (Å²) in [6.07, 6.45) is -1.58. The number of hydrogen-bond acceptors (Lipinski definition) is 4. The standard InChI is InChI=1S/C21H22F3N3O3/c1-13-18(28)27(15-5-7-16(8-6-15)30-21(22,23)24)19(29)26(13)17(20(2,3)4)14-9-11-25-12-10-14/h5-13,17H,1-4H3. The van der Waals surface area contributed by atoms with Crippen molar-refractivity contribution in [2.75, 3.05) is 4.90 Å². The highest BCUT2D eigenvalue weighted by molar-refractivity contribution is 6.21. The van der Waals surface area contributed by atoms with Gasteiger partial charge < -0.3 is 9.64 Å². The summed E-state index contributed by atoms with van der Waals surface area (Å²) in [7, 11) is 0. The second kappa shape index (κ2) is 7.62. The normalized spacial score (nSPS) is 18.7. The molecular formula is C21H22F3N3O3. The van der Waals surface area contributed by atoms with Gasteiger partial charge in [-0.15, -0.1) is 13.2 Å². The zero-order valence-electron chi connectivity index (χ0n) is 17.0. The van der Waals surface area contributed by atoms with E-state index in [0.717, 1.165) is 22.6 Å². The maximum absolute atomic E-state index is 13.3. The number of anilines is 1. The van der Waals surface area contributed by atoms with E-state index in [1.165, 1.54) is 17.0 Å². The number of alkyl halides is 3. The van der Waals surface area contributed by atoms with Crippen molar-refractivity contribution in [3.05, 3.63) is 54.4 Å². The minimum Gasteiger partial charge on any atom is -0.406 e. The van der Waals surface area contributed by atoms with Crippen molar-refractivity contribution in [3.63, 3.8) is 0 Å². The quantitative estimate of drug-likeness (QED) is 0.657. The number of urea groups is 1. The van der Waals surface area contributed by atoms with Crippen molar-refractivity contribution in [3.8, 4) is 5.75 Å². The van der Waals surface area contributed by atoms with Gasteiger partial charge in [0.15, 0.2) is 0 Å². The Hall–Kier alpha value is -3.10. The summed E-state index contributed by atoms with van der Waals surface area (Å²) in [5, 5.41) is 0. The SMILES string of the molecule is CC1C(=O)N(c2ccc(OC(F)(F)F)cc2)C(=O)N1C(c1ccncc1)C(C)(C)C. The number of amides is 3. The van der Waals surface area contributed by atoms with E-state index in [2.05, 4.69) is 9.72 Å². The van der Waals surface area contributed by atoms with Crippen LogP contribution in [0.4, 0.5) is 23.7 Å². The zero-order valence-corrected chi connectivity index (χ0v) is 17.0. The highest BCUT2D eigenvalue weighted by atomic mass is 19.4. The molecule has 3 rings (SSSR count). The van der Waals surface area contributed by atoms with Gasteiger partial charge in [-0.3, -0.25) is 9.78 Å². The summed E-state index contributed by atoms with van der Waals surface area (Å²) in [5.74, 6) is -0.882. The molecule has 1 aromatic heterocycles. The predicted octanol–water partition coefficient (Wildman–Crippen LogP) is 4.92. The van der Waals surface area contributed by atoms with Gasteiger partial charge >= 0.3 is 12.4 Å². The fourth-order valence-electron chi connectivity index (χ4n) is 3.67. The van der Waals surface area contributed by atoms with E-state index in [1.54, 1.807) is 31.5 Å². The first-order valence-corrected chi connectivity index (χ1v) is 9.32. The van der Waals surface area contributed by atoms with Crippen molar-refractivity contribution in [1.29, 1.82) is 0 Å². The lowest BCUT2D eigenvalue weighted by Gasteiger charge is -2.39. The molecule has 1 aliphatic rings. The van der Waals surface area contributed by atoms with Crippen LogP contribution in [0.25, 0.3) is 0 Å². The minimum atomic E-state index is -4.82. The van der Waals surface area contributed by atoms with E-state index >= 15 is 0 Å². The van der Waals surface area contributed by atoms with Crippen molar-refractivity contribution in [2.24, 2.45) is 5.41 Å². The van der Waals surface area contributed by atoms with Gasteiger partial charge in [-0.05, 0) is 54.3 Å². The molecule has 1 aromatic carbocycles. The molecule has 9 heteroatoms. The smallest absolute Gasteiger partial charge is 0.406 e. The van der Waals surface area contributed by atoms with E-state index in [-0.39, 0.29) is 5.69 Å². The lowest BCUT2D eigenvalue weighted by Crippen LogP contribution is -2.43. The van der Waals surface area contributed by atoms with Crippen LogP contribution in [0.3, 0.4) is 0 Å². The fraction of sp³-hybridized carbons (Fsp3) is 0.381. The lowest BCUT2D eigenvalue weighted by atomic mass is 9.81. The van der Waals surface area contributed by atoms with Crippen LogP contribution >= 0.6 is 0 Å². The Bertz CT molecular complexity index is 924. The number of carbonyl (C=O) groups is 2. The predicted molar refractivity (Wildman–Crippen MR) is 104 cm³/mol. The van der Waals surface area contributed by atoms with Crippen LogP contribution in [0, 0.1) is 5.41 Å². The van der Waals surface area contributed by atoms with E-state index in [0.29, 0.717) is 0 Å². The van der Waals surface area contributed by atoms with Crippen molar-refractivity contribution >= 4 is 17.6 Å². The zero-order chi connectivity index (χ0) is 22.3. The van der Waals surface area contributed by atoms with Gasteiger partial charge in [0.25, 0.3) is 5.91 Å². The van der Waals surface area contributed by atoms with Crippen LogP contribution in [-0.4, -0.2) is 34.2 Å². The van der Waals surface area contributed by atoms with E-state index < -0.39 is 41.5 Å². The van der Waals surface area contributed by atoms with Gasteiger partial charge in [-0.1, -0.05) is 20.8 Å². The Kier molecular flexibility index (Phi) is 5.49. The van der Waals surface area contributed by atoms with E-state index in [1.807, 2.05) is 20.8 Å². The molecule has 0 spiro atoms. The molecule has 2 aromatic rings. The van der Waals surface area contributed by atoms with Crippen LogP contribution in [0.15, 0.2) is 48.8 Å². The fourth-order valence-corrected chi connectivity index (χ4v) is 3.67. The monoisotopic (exact) mass is 421 g/mol. The van der Waals surface area contributed by atoms with Gasteiger partial charge in [-0.25, -0.2) is 9.69 Å². The second-order valence-corrected chi connectivity index (χ2v) is 8.13. The highest BCUT2D eigenvalue weighted by Crippen LogP contribution is 2.42. The molecule has 0 saturated carbocycles. The summed E-state index contributed by atoms with van der Waals surface area (Å²) in [6, 6.07) is 6.55. The minimum absolute atomic E-state index is 0.177. The first-order valence-electron chi connectivity index (χ1n) is 9.32. The van der Waals surface area contributed by atoms with Crippen LogP contribution in [0.2, 0.25) is 0 Å². The van der Waals surface area contributed by atoms with E-state index in [4.69, 9.17) is 0 Å². The number of rotatable bonds is 4. The third kappa shape index (κ3) is 4.24. The lowest BCUT2D eigenvalue weighted by molar-refractivity contribution is -0.274. The number of pyridine rings is 1. The first-order chi connectivity index (χ1) is 13.9. The Labute approximate surface area is 172 Å². The average Bonchev–Trinajstić information content (AvgIpc) is 2.85. The van der Waals surface area contributed by atoms with E-state index in [9.17, 15) is 22.8 Å². The average molecular weight is 421 g/mol. The number of ether oxygens (including phenoxy) is 1. The molecule has 2 atom stereocenters. The van der Waals surface area contributed by atoms with Crippen LogP contribution in [0.5, 0.6) is 5.75 Å². The van der Waals surface area contributed by atoms with Crippen molar-refractivity contribution < 1.29 is 27.5 Å². The second-order valence-electron chi connectivity index (χ2n) is 8.13. The third-order valence-corrected chi connectivity index (χ3v) is 4.86. The molecule has 6 nitrogen and oxygen atoms in total. The number of nitrogens with zero attached hydrogens (tertiary/aromatic N) is 3. The molecule has 1 aliphatic heterocycles. The maximum atomic E-state index is 13.3. The highest BCUT2D eigenvalue weighted by Gasteiger charge is 2.49. The summed E-state index contributed by atoms with van der Waals surface area (Å²) in [6.45, 7) is 7.54. The van der Waals surface area contributed by atoms with Gasteiger partial charge in [-0.2, -0.15) is 0 Å². The van der Waals surface area contributed by atoms with Gasteiger partial charge in [0.05, 0.1) is 11.7 Å². The number of carbonyl (C=O) groups excluding carboxylic acids is 2. The van der Waals surface area contributed by atoms with Crippen LogP contribution < -0.4 is 9.64 Å². The summed E-state index contributed by atoms with van der Waals surface area (Å²) in [5.41, 5.74) is 0.615. The van der Waals surface area contributed by atoms with Crippen molar-refractivity contribution in [1.82, 2.24) is 9.88 Å². The van der Waals surface area contributed by atoms with Gasteiger partial charge in [0.1, 0.15) is 11.8 Å².